The molecule has 1 aromatic heterocycles. The maximum absolute atomic E-state index is 12.8. The van der Waals surface area contributed by atoms with E-state index in [-0.39, 0.29) is 5.91 Å². The molecule has 0 aliphatic carbocycles. The van der Waals surface area contributed by atoms with E-state index in [1.165, 1.54) is 25.9 Å². The first-order chi connectivity index (χ1) is 11.8. The number of carbonyl (C=O) groups excluding carboxylic acids is 1. The molecule has 5 heteroatoms. The number of aromatic nitrogens is 1. The number of pyridine rings is 1. The van der Waals surface area contributed by atoms with E-state index in [2.05, 4.69) is 16.8 Å². The topological polar surface area (TPSA) is 45.7 Å². The minimum atomic E-state index is 0.115. The molecule has 3 rings (SSSR count). The number of unbranched alkanes of at least 4 members (excludes halogenated alkanes) is 1. The minimum Gasteiger partial charge on any atom is -0.478 e. The van der Waals surface area contributed by atoms with E-state index >= 15 is 0 Å². The largest absolute Gasteiger partial charge is 0.478 e. The summed E-state index contributed by atoms with van der Waals surface area (Å²) >= 11 is 0. The van der Waals surface area contributed by atoms with Crippen LogP contribution in [-0.2, 0) is 0 Å². The molecule has 2 saturated heterocycles. The van der Waals surface area contributed by atoms with Crippen molar-refractivity contribution in [2.45, 2.75) is 51.5 Å². The summed E-state index contributed by atoms with van der Waals surface area (Å²) in [5, 5.41) is 0. The van der Waals surface area contributed by atoms with Crippen molar-refractivity contribution in [3.05, 3.63) is 23.9 Å². The second-order valence-corrected chi connectivity index (χ2v) is 6.89. The highest BCUT2D eigenvalue weighted by Crippen LogP contribution is 2.23. The van der Waals surface area contributed by atoms with Crippen LogP contribution in [0.25, 0.3) is 0 Å². The van der Waals surface area contributed by atoms with Crippen molar-refractivity contribution >= 4 is 5.91 Å². The van der Waals surface area contributed by atoms with Gasteiger partial charge in [-0.25, -0.2) is 4.98 Å². The Morgan fingerprint density at radius 1 is 1.25 bits per heavy atom. The Kier molecular flexibility index (Phi) is 6.07. The van der Waals surface area contributed by atoms with Gasteiger partial charge in [0.15, 0.2) is 0 Å². The van der Waals surface area contributed by atoms with Crippen molar-refractivity contribution in [2.24, 2.45) is 0 Å². The first-order valence-corrected chi connectivity index (χ1v) is 9.40. The van der Waals surface area contributed by atoms with Crippen LogP contribution in [0.4, 0.5) is 0 Å². The van der Waals surface area contributed by atoms with Crippen LogP contribution in [0.2, 0.25) is 0 Å². The van der Waals surface area contributed by atoms with E-state index in [1.54, 1.807) is 6.20 Å². The summed E-state index contributed by atoms with van der Waals surface area (Å²) in [6.07, 6.45) is 8.60. The monoisotopic (exact) mass is 331 g/mol. The van der Waals surface area contributed by atoms with E-state index in [4.69, 9.17) is 4.74 Å². The van der Waals surface area contributed by atoms with Crippen LogP contribution in [0.1, 0.15) is 55.8 Å². The van der Waals surface area contributed by atoms with Crippen molar-refractivity contribution in [3.8, 4) is 5.88 Å². The number of nitrogens with zero attached hydrogens (tertiary/aromatic N) is 3. The average molecular weight is 331 g/mol. The number of amides is 1. The summed E-state index contributed by atoms with van der Waals surface area (Å²) in [5.41, 5.74) is 0.672. The van der Waals surface area contributed by atoms with Crippen LogP contribution in [0.3, 0.4) is 0 Å². The summed E-state index contributed by atoms with van der Waals surface area (Å²) in [6, 6.07) is 4.02. The van der Waals surface area contributed by atoms with Gasteiger partial charge in [-0.3, -0.25) is 4.79 Å². The Morgan fingerprint density at radius 3 is 2.79 bits per heavy atom. The fourth-order valence-electron chi connectivity index (χ4n) is 3.64. The molecule has 3 heterocycles. The molecule has 2 fully saturated rings. The Balaban J connectivity index is 1.57. The molecular weight excluding hydrogens is 302 g/mol. The van der Waals surface area contributed by atoms with Gasteiger partial charge in [0.25, 0.3) is 5.91 Å². The zero-order valence-corrected chi connectivity index (χ0v) is 14.7. The third-order valence-electron chi connectivity index (χ3n) is 5.04. The van der Waals surface area contributed by atoms with Crippen LogP contribution < -0.4 is 4.74 Å². The second kappa shape index (κ2) is 8.47. The zero-order valence-electron chi connectivity index (χ0n) is 14.7. The van der Waals surface area contributed by atoms with Gasteiger partial charge < -0.3 is 14.5 Å². The lowest BCUT2D eigenvalue weighted by atomic mass is 10.2. The minimum absolute atomic E-state index is 0.115. The number of likely N-dealkylation sites (tertiary alicyclic amines) is 2. The molecule has 5 nitrogen and oxygen atoms in total. The molecule has 0 bridgehead atoms. The lowest BCUT2D eigenvalue weighted by Gasteiger charge is -2.28. The summed E-state index contributed by atoms with van der Waals surface area (Å²) in [6.45, 7) is 7.07. The summed E-state index contributed by atoms with van der Waals surface area (Å²) in [4.78, 5) is 21.7. The van der Waals surface area contributed by atoms with E-state index in [0.717, 1.165) is 38.8 Å². The molecule has 0 N–H and O–H groups in total. The number of hydrogen-bond donors (Lipinski definition) is 0. The van der Waals surface area contributed by atoms with Crippen LogP contribution >= 0.6 is 0 Å². The van der Waals surface area contributed by atoms with Gasteiger partial charge in [0.05, 0.1) is 12.2 Å². The van der Waals surface area contributed by atoms with Gasteiger partial charge in [-0.15, -0.1) is 0 Å². The molecular formula is C19H29N3O2. The molecule has 1 atom stereocenters. The number of rotatable bonds is 7. The second-order valence-electron chi connectivity index (χ2n) is 6.89. The van der Waals surface area contributed by atoms with Gasteiger partial charge in [-0.2, -0.15) is 0 Å². The summed E-state index contributed by atoms with van der Waals surface area (Å²) in [5.74, 6) is 0.722. The van der Waals surface area contributed by atoms with Gasteiger partial charge in [0.2, 0.25) is 5.88 Å². The quantitative estimate of drug-likeness (QED) is 0.721. The molecule has 1 aromatic rings. The SMILES string of the molecule is CCCCOc1ccc(C(=O)N2CCCC2CN2CCCC2)cn1. The molecule has 0 spiro atoms. The highest BCUT2D eigenvalue weighted by Gasteiger charge is 2.31. The van der Waals surface area contributed by atoms with Gasteiger partial charge in [0, 0.05) is 31.4 Å². The molecule has 1 unspecified atom stereocenters. The van der Waals surface area contributed by atoms with E-state index in [1.807, 2.05) is 17.0 Å². The first kappa shape index (κ1) is 17.2. The smallest absolute Gasteiger partial charge is 0.255 e. The highest BCUT2D eigenvalue weighted by molar-refractivity contribution is 5.94. The predicted molar refractivity (Wildman–Crippen MR) is 94.4 cm³/mol. The number of ether oxygens (including phenoxy) is 1. The number of carbonyl (C=O) groups is 1. The van der Waals surface area contributed by atoms with Gasteiger partial charge in [-0.05, 0) is 51.3 Å². The fraction of sp³-hybridized carbons (Fsp3) is 0.684. The van der Waals surface area contributed by atoms with Gasteiger partial charge in [-0.1, -0.05) is 13.3 Å². The summed E-state index contributed by atoms with van der Waals surface area (Å²) in [7, 11) is 0. The lowest BCUT2D eigenvalue weighted by Crippen LogP contribution is -2.42. The average Bonchev–Trinajstić information content (AvgIpc) is 3.27. The molecule has 132 valence electrons. The van der Waals surface area contributed by atoms with Gasteiger partial charge >= 0.3 is 0 Å². The molecule has 24 heavy (non-hydrogen) atoms. The highest BCUT2D eigenvalue weighted by atomic mass is 16.5. The van der Waals surface area contributed by atoms with Crippen LogP contribution in [0.5, 0.6) is 5.88 Å². The Bertz CT molecular complexity index is 526. The fourth-order valence-corrected chi connectivity index (χ4v) is 3.64. The molecule has 2 aliphatic rings. The van der Waals surface area contributed by atoms with Crippen LogP contribution in [0.15, 0.2) is 18.3 Å². The Morgan fingerprint density at radius 2 is 2.08 bits per heavy atom. The predicted octanol–water partition coefficient (Wildman–Crippen LogP) is 2.96. The van der Waals surface area contributed by atoms with Crippen molar-refractivity contribution in [1.29, 1.82) is 0 Å². The maximum atomic E-state index is 12.8. The van der Waals surface area contributed by atoms with Crippen molar-refractivity contribution < 1.29 is 9.53 Å². The van der Waals surface area contributed by atoms with Gasteiger partial charge in [0.1, 0.15) is 0 Å². The Labute approximate surface area is 145 Å². The molecule has 0 saturated carbocycles. The molecule has 0 aromatic carbocycles. The first-order valence-electron chi connectivity index (χ1n) is 9.40. The third-order valence-corrected chi connectivity index (χ3v) is 5.04. The number of hydrogen-bond acceptors (Lipinski definition) is 4. The zero-order chi connectivity index (χ0) is 16.8. The molecule has 0 radical (unpaired) electrons. The van der Waals surface area contributed by atoms with E-state index in [9.17, 15) is 4.79 Å². The van der Waals surface area contributed by atoms with Crippen LogP contribution in [-0.4, -0.2) is 59.5 Å². The van der Waals surface area contributed by atoms with E-state index < -0.39 is 0 Å². The van der Waals surface area contributed by atoms with Crippen molar-refractivity contribution in [3.63, 3.8) is 0 Å². The lowest BCUT2D eigenvalue weighted by molar-refractivity contribution is 0.0708. The van der Waals surface area contributed by atoms with E-state index in [0.29, 0.717) is 24.1 Å². The standard InChI is InChI=1S/C19H29N3O2/c1-2-3-13-24-18-9-8-16(14-20-18)19(23)22-12-6-7-17(22)15-21-10-4-5-11-21/h8-9,14,17H,2-7,10-13,15H2,1H3. The van der Waals surface area contributed by atoms with Crippen molar-refractivity contribution in [1.82, 2.24) is 14.8 Å². The Hall–Kier alpha value is -1.62. The van der Waals surface area contributed by atoms with Crippen molar-refractivity contribution in [2.75, 3.05) is 32.8 Å². The molecule has 2 aliphatic heterocycles. The third kappa shape index (κ3) is 4.26. The maximum Gasteiger partial charge on any atom is 0.255 e. The summed E-state index contributed by atoms with van der Waals surface area (Å²) < 4.78 is 5.57. The normalized spacial score (nSPS) is 21.4. The molecule has 1 amide bonds. The van der Waals surface area contributed by atoms with Crippen LogP contribution in [0, 0.1) is 0 Å².